The molecule has 0 N–H and O–H groups in total. The first-order valence-electron chi connectivity index (χ1n) is 9.79. The number of fused-ring (bicyclic) bond motifs is 2. The van der Waals surface area contributed by atoms with Gasteiger partial charge in [0.1, 0.15) is 5.82 Å². The third kappa shape index (κ3) is 3.12. The van der Waals surface area contributed by atoms with Crippen molar-refractivity contribution in [2.75, 3.05) is 19.6 Å². The Kier molecular flexibility index (Phi) is 4.44. The number of likely N-dealkylation sites (tertiary alicyclic amines) is 1. The zero-order chi connectivity index (χ0) is 19.3. The van der Waals surface area contributed by atoms with Crippen LogP contribution in [0.3, 0.4) is 0 Å². The lowest BCUT2D eigenvalue weighted by Gasteiger charge is -2.31. The van der Waals surface area contributed by atoms with Gasteiger partial charge in [0.2, 0.25) is 0 Å². The van der Waals surface area contributed by atoms with Crippen LogP contribution in [0, 0.1) is 19.7 Å². The van der Waals surface area contributed by atoms with Gasteiger partial charge in [-0.15, -0.1) is 11.3 Å². The molecule has 4 heterocycles. The van der Waals surface area contributed by atoms with Crippen LogP contribution in [0.25, 0.3) is 15.9 Å². The highest BCUT2D eigenvalue weighted by atomic mass is 32.1. The zero-order valence-corrected chi connectivity index (χ0v) is 16.9. The van der Waals surface area contributed by atoms with Crippen molar-refractivity contribution in [2.24, 2.45) is 0 Å². The average Bonchev–Trinajstić information content (AvgIpc) is 3.32. The van der Waals surface area contributed by atoms with Crippen molar-refractivity contribution in [3.05, 3.63) is 52.2 Å². The predicted molar refractivity (Wildman–Crippen MR) is 109 cm³/mol. The van der Waals surface area contributed by atoms with Gasteiger partial charge in [0.15, 0.2) is 10.5 Å². The van der Waals surface area contributed by atoms with E-state index < -0.39 is 0 Å². The molecule has 0 amide bonds. The SMILES string of the molecule is Cc1cn2c(CCN3CCC(c4noc5cc(F)ccc45)CC3)c(C)sc2n1. The van der Waals surface area contributed by atoms with E-state index in [-0.39, 0.29) is 5.82 Å². The van der Waals surface area contributed by atoms with Gasteiger partial charge in [0.05, 0.1) is 11.4 Å². The number of hydrogen-bond acceptors (Lipinski definition) is 5. The molecule has 0 saturated carbocycles. The van der Waals surface area contributed by atoms with Gasteiger partial charge in [-0.05, 0) is 51.9 Å². The second-order valence-electron chi connectivity index (χ2n) is 7.71. The molecule has 1 aromatic carbocycles. The molecule has 0 radical (unpaired) electrons. The Hall–Kier alpha value is -2.25. The Labute approximate surface area is 166 Å². The van der Waals surface area contributed by atoms with E-state index in [0.29, 0.717) is 11.5 Å². The van der Waals surface area contributed by atoms with Crippen LogP contribution in [0.1, 0.15) is 40.7 Å². The number of hydrogen-bond donors (Lipinski definition) is 0. The summed E-state index contributed by atoms with van der Waals surface area (Å²) in [5, 5.41) is 5.20. The summed E-state index contributed by atoms with van der Waals surface area (Å²) in [6, 6.07) is 4.70. The summed E-state index contributed by atoms with van der Waals surface area (Å²) < 4.78 is 21.0. The van der Waals surface area contributed by atoms with Crippen molar-refractivity contribution in [1.82, 2.24) is 19.4 Å². The van der Waals surface area contributed by atoms with E-state index >= 15 is 0 Å². The van der Waals surface area contributed by atoms with Crippen LogP contribution in [0.2, 0.25) is 0 Å². The summed E-state index contributed by atoms with van der Waals surface area (Å²) in [6.07, 6.45) is 5.29. The number of benzene rings is 1. The van der Waals surface area contributed by atoms with Gasteiger partial charge in [-0.25, -0.2) is 9.37 Å². The summed E-state index contributed by atoms with van der Waals surface area (Å²) in [4.78, 5) is 9.57. The van der Waals surface area contributed by atoms with E-state index in [1.807, 2.05) is 6.92 Å². The third-order valence-electron chi connectivity index (χ3n) is 5.84. The minimum atomic E-state index is -0.282. The normalized spacial score (nSPS) is 16.5. The number of thiazole rings is 1. The van der Waals surface area contributed by atoms with E-state index in [0.717, 1.165) is 60.6 Å². The molecule has 3 aromatic heterocycles. The van der Waals surface area contributed by atoms with Gasteiger partial charge in [0, 0.05) is 47.1 Å². The molecule has 0 spiro atoms. The van der Waals surface area contributed by atoms with Crippen LogP contribution in [0.15, 0.2) is 28.9 Å². The van der Waals surface area contributed by atoms with Gasteiger partial charge in [-0.3, -0.25) is 4.40 Å². The van der Waals surface area contributed by atoms with Crippen LogP contribution in [-0.4, -0.2) is 39.1 Å². The lowest BCUT2D eigenvalue weighted by Crippen LogP contribution is -2.34. The maximum atomic E-state index is 13.4. The van der Waals surface area contributed by atoms with Gasteiger partial charge in [-0.1, -0.05) is 5.16 Å². The minimum absolute atomic E-state index is 0.282. The summed E-state index contributed by atoms with van der Waals surface area (Å²) in [5.74, 6) is 0.102. The molecular formula is C21H23FN4OS. The minimum Gasteiger partial charge on any atom is -0.356 e. The molecule has 1 fully saturated rings. The maximum absolute atomic E-state index is 13.4. The molecule has 0 aliphatic carbocycles. The van der Waals surface area contributed by atoms with Crippen molar-refractivity contribution in [2.45, 2.75) is 39.0 Å². The van der Waals surface area contributed by atoms with Gasteiger partial charge in [0.25, 0.3) is 0 Å². The molecule has 7 heteroatoms. The van der Waals surface area contributed by atoms with Crippen LogP contribution in [0.5, 0.6) is 0 Å². The van der Waals surface area contributed by atoms with Gasteiger partial charge in [-0.2, -0.15) is 0 Å². The van der Waals surface area contributed by atoms with E-state index in [1.54, 1.807) is 17.4 Å². The van der Waals surface area contributed by atoms with Crippen molar-refractivity contribution in [3.8, 4) is 0 Å². The van der Waals surface area contributed by atoms with Crippen LogP contribution in [0.4, 0.5) is 4.39 Å². The molecule has 5 nitrogen and oxygen atoms in total. The first-order valence-corrected chi connectivity index (χ1v) is 10.6. The molecule has 1 aliphatic heterocycles. The highest BCUT2D eigenvalue weighted by molar-refractivity contribution is 7.17. The second kappa shape index (κ2) is 6.97. The molecule has 146 valence electrons. The van der Waals surface area contributed by atoms with E-state index in [2.05, 4.69) is 32.6 Å². The second-order valence-corrected chi connectivity index (χ2v) is 8.90. The fourth-order valence-corrected chi connectivity index (χ4v) is 5.37. The maximum Gasteiger partial charge on any atom is 0.194 e. The number of halogens is 1. The first kappa shape index (κ1) is 17.8. The topological polar surface area (TPSA) is 46.6 Å². The molecular weight excluding hydrogens is 375 g/mol. The summed E-state index contributed by atoms with van der Waals surface area (Å²) >= 11 is 1.77. The van der Waals surface area contributed by atoms with Gasteiger partial charge < -0.3 is 9.42 Å². The quantitative estimate of drug-likeness (QED) is 0.499. The van der Waals surface area contributed by atoms with Crippen LogP contribution >= 0.6 is 11.3 Å². The first-order chi connectivity index (χ1) is 13.6. The number of rotatable bonds is 4. The molecule has 0 unspecified atom stereocenters. The van der Waals surface area contributed by atoms with E-state index in [1.165, 1.54) is 22.7 Å². The lowest BCUT2D eigenvalue weighted by atomic mass is 9.91. The Balaban J connectivity index is 1.24. The molecule has 1 saturated heterocycles. The largest absolute Gasteiger partial charge is 0.356 e. The highest BCUT2D eigenvalue weighted by Crippen LogP contribution is 2.33. The van der Waals surface area contributed by atoms with Crippen molar-refractivity contribution < 1.29 is 8.91 Å². The number of nitrogens with zero attached hydrogens (tertiary/aromatic N) is 4. The Morgan fingerprint density at radius 3 is 2.89 bits per heavy atom. The number of imidazole rings is 1. The van der Waals surface area contributed by atoms with Crippen molar-refractivity contribution >= 4 is 27.3 Å². The fourth-order valence-electron chi connectivity index (χ4n) is 4.32. The highest BCUT2D eigenvalue weighted by Gasteiger charge is 2.25. The average molecular weight is 399 g/mol. The Morgan fingerprint density at radius 1 is 1.25 bits per heavy atom. The number of aryl methyl sites for hydroxylation is 2. The van der Waals surface area contributed by atoms with E-state index in [4.69, 9.17) is 4.52 Å². The van der Waals surface area contributed by atoms with Crippen molar-refractivity contribution in [1.29, 1.82) is 0 Å². The Bertz CT molecular complexity index is 1140. The van der Waals surface area contributed by atoms with Crippen molar-refractivity contribution in [3.63, 3.8) is 0 Å². The number of piperidine rings is 1. The molecule has 0 bridgehead atoms. The summed E-state index contributed by atoms with van der Waals surface area (Å²) in [5.41, 5.74) is 3.99. The number of aromatic nitrogens is 3. The monoisotopic (exact) mass is 398 g/mol. The standard InChI is InChI=1S/C21H23FN4OS/c1-13-12-26-18(14(2)28-21(26)23-13)7-10-25-8-5-15(6-9-25)20-17-4-3-16(22)11-19(17)27-24-20/h3-4,11-12,15H,5-10H2,1-2H3. The molecule has 4 aromatic rings. The van der Waals surface area contributed by atoms with Crippen LogP contribution in [-0.2, 0) is 6.42 Å². The Morgan fingerprint density at radius 2 is 2.07 bits per heavy atom. The molecule has 1 aliphatic rings. The molecule has 5 rings (SSSR count). The van der Waals surface area contributed by atoms with E-state index in [9.17, 15) is 4.39 Å². The lowest BCUT2D eigenvalue weighted by molar-refractivity contribution is 0.211. The summed E-state index contributed by atoms with van der Waals surface area (Å²) in [7, 11) is 0. The summed E-state index contributed by atoms with van der Waals surface area (Å²) in [6.45, 7) is 7.40. The molecule has 28 heavy (non-hydrogen) atoms. The van der Waals surface area contributed by atoms with Crippen LogP contribution < -0.4 is 0 Å². The third-order valence-corrected chi connectivity index (χ3v) is 6.85. The van der Waals surface area contributed by atoms with Gasteiger partial charge >= 0.3 is 0 Å². The predicted octanol–water partition coefficient (Wildman–Crippen LogP) is 4.72. The molecule has 0 atom stereocenters. The fraction of sp³-hybridized carbons (Fsp3) is 0.429. The smallest absolute Gasteiger partial charge is 0.194 e. The zero-order valence-electron chi connectivity index (χ0n) is 16.1.